The Labute approximate surface area is 182 Å². The SMILES string of the molecule is C=C(C)[C@H](CC=C(C)C)CO[C@@H]1O[C@H](CO[C@@H]2OC[C@H](O)[C@H](O)[C@H]2O)[C@@H](O)[C@H](O)[C@H]1O. The molecule has 180 valence electrons. The van der Waals surface area contributed by atoms with Crippen molar-refractivity contribution < 1.29 is 49.6 Å². The van der Waals surface area contributed by atoms with Gasteiger partial charge in [-0.3, -0.25) is 0 Å². The molecule has 10 heteroatoms. The minimum atomic E-state index is -1.54. The van der Waals surface area contributed by atoms with E-state index in [1.54, 1.807) is 0 Å². The molecule has 2 fully saturated rings. The van der Waals surface area contributed by atoms with Crippen molar-refractivity contribution in [1.29, 1.82) is 0 Å². The van der Waals surface area contributed by atoms with Crippen molar-refractivity contribution in [3.8, 4) is 0 Å². The quantitative estimate of drug-likeness (QED) is 0.237. The highest BCUT2D eigenvalue weighted by Gasteiger charge is 2.46. The number of aliphatic hydroxyl groups is 6. The second-order valence-corrected chi connectivity index (χ2v) is 8.49. The highest BCUT2D eigenvalue weighted by Crippen LogP contribution is 2.26. The Balaban J connectivity index is 1.95. The first-order valence-electron chi connectivity index (χ1n) is 10.4. The van der Waals surface area contributed by atoms with E-state index in [9.17, 15) is 30.6 Å². The Hall–Kier alpha value is -0.920. The first kappa shape index (κ1) is 26.3. The minimum absolute atomic E-state index is 0.0249. The summed E-state index contributed by atoms with van der Waals surface area (Å²) in [6, 6.07) is 0. The number of rotatable bonds is 9. The van der Waals surface area contributed by atoms with Gasteiger partial charge in [0, 0.05) is 5.92 Å². The third kappa shape index (κ3) is 7.03. The molecule has 0 spiro atoms. The lowest BCUT2D eigenvalue weighted by molar-refractivity contribution is -0.321. The predicted octanol–water partition coefficient (Wildman–Crippen LogP) is -1.19. The van der Waals surface area contributed by atoms with E-state index in [0.29, 0.717) is 6.42 Å². The van der Waals surface area contributed by atoms with Crippen LogP contribution in [0.4, 0.5) is 0 Å². The van der Waals surface area contributed by atoms with Gasteiger partial charge in [-0.15, -0.1) is 0 Å². The van der Waals surface area contributed by atoms with Crippen molar-refractivity contribution in [2.75, 3.05) is 19.8 Å². The minimum Gasteiger partial charge on any atom is -0.388 e. The largest absolute Gasteiger partial charge is 0.388 e. The number of allylic oxidation sites excluding steroid dienone is 2. The summed E-state index contributed by atoms with van der Waals surface area (Å²) in [4.78, 5) is 0. The average molecular weight is 449 g/mol. The van der Waals surface area contributed by atoms with Gasteiger partial charge in [-0.25, -0.2) is 0 Å². The summed E-state index contributed by atoms with van der Waals surface area (Å²) < 4.78 is 21.8. The van der Waals surface area contributed by atoms with Gasteiger partial charge in [-0.2, -0.15) is 0 Å². The van der Waals surface area contributed by atoms with E-state index in [1.165, 1.54) is 0 Å². The molecule has 2 heterocycles. The summed E-state index contributed by atoms with van der Waals surface area (Å²) in [5.41, 5.74) is 2.05. The van der Waals surface area contributed by atoms with Crippen molar-refractivity contribution in [2.45, 2.75) is 82.5 Å². The van der Waals surface area contributed by atoms with Crippen molar-refractivity contribution in [3.05, 3.63) is 23.8 Å². The third-order valence-corrected chi connectivity index (χ3v) is 5.52. The number of hydrogen-bond donors (Lipinski definition) is 6. The lowest BCUT2D eigenvalue weighted by atomic mass is 9.97. The van der Waals surface area contributed by atoms with Crippen molar-refractivity contribution >= 4 is 0 Å². The van der Waals surface area contributed by atoms with E-state index in [2.05, 4.69) is 12.7 Å². The van der Waals surface area contributed by atoms with Crippen LogP contribution in [0.1, 0.15) is 27.2 Å². The van der Waals surface area contributed by atoms with Gasteiger partial charge in [0.25, 0.3) is 0 Å². The zero-order valence-electron chi connectivity index (χ0n) is 18.2. The van der Waals surface area contributed by atoms with Gasteiger partial charge in [0.15, 0.2) is 12.6 Å². The molecule has 0 saturated carbocycles. The summed E-state index contributed by atoms with van der Waals surface area (Å²) in [5, 5.41) is 59.9. The molecule has 10 atom stereocenters. The zero-order chi connectivity index (χ0) is 23.3. The van der Waals surface area contributed by atoms with Crippen LogP contribution in [0.15, 0.2) is 23.8 Å². The van der Waals surface area contributed by atoms with Crippen LogP contribution in [0.5, 0.6) is 0 Å². The van der Waals surface area contributed by atoms with Crippen molar-refractivity contribution in [2.24, 2.45) is 5.92 Å². The Kier molecular flexibility index (Phi) is 10.0. The molecule has 2 saturated heterocycles. The molecule has 0 unspecified atom stereocenters. The fourth-order valence-electron chi connectivity index (χ4n) is 3.31. The molecule has 10 nitrogen and oxygen atoms in total. The molecule has 0 radical (unpaired) electrons. The summed E-state index contributed by atoms with van der Waals surface area (Å²) in [7, 11) is 0. The molecule has 0 bridgehead atoms. The summed E-state index contributed by atoms with van der Waals surface area (Å²) >= 11 is 0. The van der Waals surface area contributed by atoms with E-state index in [1.807, 2.05) is 20.8 Å². The molecule has 0 aromatic rings. The molecule has 0 aromatic carbocycles. The standard InChI is InChI=1S/C21H36O10/c1-10(2)5-6-12(11(3)4)7-28-21-19(27)17(25)16(24)14(31-21)9-30-20-18(26)15(23)13(22)8-29-20/h5,12-27H,3,6-9H2,1-2,4H3/t12-,13+,14-,15+,16-,17+,18-,19-,20+,21-/m1/s1. The Morgan fingerprint density at radius 2 is 1.58 bits per heavy atom. The molecular weight excluding hydrogens is 412 g/mol. The van der Waals surface area contributed by atoms with E-state index >= 15 is 0 Å². The lowest BCUT2D eigenvalue weighted by Gasteiger charge is -2.41. The zero-order valence-corrected chi connectivity index (χ0v) is 18.2. The van der Waals surface area contributed by atoms with Gasteiger partial charge in [-0.05, 0) is 27.2 Å². The predicted molar refractivity (Wildman–Crippen MR) is 109 cm³/mol. The monoisotopic (exact) mass is 448 g/mol. The molecule has 0 aliphatic carbocycles. The third-order valence-electron chi connectivity index (χ3n) is 5.52. The summed E-state index contributed by atoms with van der Waals surface area (Å²) in [6.45, 7) is 9.43. The average Bonchev–Trinajstić information content (AvgIpc) is 2.71. The first-order valence-corrected chi connectivity index (χ1v) is 10.4. The second-order valence-electron chi connectivity index (χ2n) is 8.49. The van der Waals surface area contributed by atoms with Crippen LogP contribution in [0, 0.1) is 5.92 Å². The molecule has 0 aromatic heterocycles. The van der Waals surface area contributed by atoms with Crippen molar-refractivity contribution in [1.82, 2.24) is 0 Å². The summed E-state index contributed by atoms with van der Waals surface area (Å²) in [5.74, 6) is -0.0249. The second kappa shape index (κ2) is 11.8. The van der Waals surface area contributed by atoms with Gasteiger partial charge >= 0.3 is 0 Å². The van der Waals surface area contributed by atoms with Crippen LogP contribution in [0.3, 0.4) is 0 Å². The fraction of sp³-hybridized carbons (Fsp3) is 0.810. The maximum absolute atomic E-state index is 10.3. The Bertz CT molecular complexity index is 607. The number of hydrogen-bond acceptors (Lipinski definition) is 10. The highest BCUT2D eigenvalue weighted by atomic mass is 16.7. The smallest absolute Gasteiger partial charge is 0.186 e. The maximum atomic E-state index is 10.3. The van der Waals surface area contributed by atoms with Gasteiger partial charge in [0.2, 0.25) is 0 Å². The van der Waals surface area contributed by atoms with Crippen LogP contribution in [0.2, 0.25) is 0 Å². The van der Waals surface area contributed by atoms with Gasteiger partial charge in [0.05, 0.1) is 19.8 Å². The van der Waals surface area contributed by atoms with Gasteiger partial charge in [-0.1, -0.05) is 23.8 Å². The molecule has 2 aliphatic rings. The van der Waals surface area contributed by atoms with E-state index in [4.69, 9.17) is 18.9 Å². The topological polar surface area (TPSA) is 158 Å². The van der Waals surface area contributed by atoms with Gasteiger partial charge in [0.1, 0.15) is 42.7 Å². The van der Waals surface area contributed by atoms with Crippen LogP contribution in [0.25, 0.3) is 0 Å². The Morgan fingerprint density at radius 3 is 2.19 bits per heavy atom. The van der Waals surface area contributed by atoms with Crippen LogP contribution in [-0.4, -0.2) is 106 Å². The molecule has 6 N–H and O–H groups in total. The van der Waals surface area contributed by atoms with Crippen LogP contribution in [-0.2, 0) is 18.9 Å². The number of ether oxygens (including phenoxy) is 4. The Morgan fingerprint density at radius 1 is 0.935 bits per heavy atom. The fourth-order valence-corrected chi connectivity index (χ4v) is 3.31. The maximum Gasteiger partial charge on any atom is 0.186 e. The first-order chi connectivity index (χ1) is 14.5. The number of aliphatic hydroxyl groups excluding tert-OH is 6. The normalized spacial score (nSPS) is 39.7. The van der Waals surface area contributed by atoms with E-state index in [-0.39, 0.29) is 25.7 Å². The highest BCUT2D eigenvalue weighted by molar-refractivity contribution is 5.03. The van der Waals surface area contributed by atoms with Crippen molar-refractivity contribution in [3.63, 3.8) is 0 Å². The van der Waals surface area contributed by atoms with Crippen LogP contribution >= 0.6 is 0 Å². The van der Waals surface area contributed by atoms with Gasteiger partial charge < -0.3 is 49.6 Å². The van der Waals surface area contributed by atoms with E-state index < -0.39 is 55.3 Å². The molecule has 2 aliphatic heterocycles. The molecular formula is C21H36O10. The lowest BCUT2D eigenvalue weighted by Crippen LogP contribution is -2.60. The van der Waals surface area contributed by atoms with Crippen LogP contribution < -0.4 is 0 Å². The van der Waals surface area contributed by atoms with E-state index in [0.717, 1.165) is 11.1 Å². The molecule has 2 rings (SSSR count). The molecule has 0 amide bonds. The summed E-state index contributed by atoms with van der Waals surface area (Å²) in [6.07, 6.45) is -9.50. The molecule has 31 heavy (non-hydrogen) atoms.